The van der Waals surface area contributed by atoms with E-state index in [-0.39, 0.29) is 24.4 Å². The molecule has 0 aliphatic carbocycles. The lowest BCUT2D eigenvalue weighted by Gasteiger charge is -2.38. The Morgan fingerprint density at radius 3 is 2.66 bits per heavy atom. The first kappa shape index (κ1) is 21.6. The van der Waals surface area contributed by atoms with Crippen LogP contribution in [0.1, 0.15) is 61.2 Å². The minimum atomic E-state index is -0.0672. The number of carbonyl (C=O) groups is 2. The van der Waals surface area contributed by atoms with Crippen molar-refractivity contribution in [1.29, 1.82) is 0 Å². The number of hydrogen-bond acceptors (Lipinski definition) is 3. The molecule has 5 heteroatoms. The molecule has 0 fully saturated rings. The lowest BCUT2D eigenvalue weighted by atomic mass is 9.90. The normalized spacial score (nSPS) is 16.0. The summed E-state index contributed by atoms with van der Waals surface area (Å²) in [6.45, 7) is 9.77. The number of carbonyl (C=O) groups excluding carboxylic acids is 2. The topological polar surface area (TPSA) is 40.6 Å². The van der Waals surface area contributed by atoms with Gasteiger partial charge in [-0.15, -0.1) is 11.3 Å². The Bertz CT molecular complexity index is 858. The number of thiophene rings is 1. The van der Waals surface area contributed by atoms with Gasteiger partial charge in [-0.2, -0.15) is 0 Å². The van der Waals surface area contributed by atoms with E-state index in [1.165, 1.54) is 21.6 Å². The van der Waals surface area contributed by atoms with Gasteiger partial charge in [0.05, 0.1) is 12.6 Å². The van der Waals surface area contributed by atoms with Crippen LogP contribution in [-0.4, -0.2) is 41.2 Å². The van der Waals surface area contributed by atoms with E-state index in [1.54, 1.807) is 16.2 Å². The first-order valence-electron chi connectivity index (χ1n) is 10.6. The van der Waals surface area contributed by atoms with E-state index in [4.69, 9.17) is 0 Å². The van der Waals surface area contributed by atoms with Crippen LogP contribution < -0.4 is 0 Å². The number of nitrogens with zero attached hydrogens (tertiary/aromatic N) is 2. The van der Waals surface area contributed by atoms with Crippen LogP contribution in [0.15, 0.2) is 35.7 Å². The van der Waals surface area contributed by atoms with E-state index in [0.717, 1.165) is 12.8 Å². The monoisotopic (exact) mass is 412 g/mol. The maximum Gasteiger partial charge on any atom is 0.242 e. The van der Waals surface area contributed by atoms with Crippen molar-refractivity contribution in [3.63, 3.8) is 0 Å². The second kappa shape index (κ2) is 9.57. The molecule has 1 aromatic heterocycles. The second-order valence-electron chi connectivity index (χ2n) is 8.25. The molecule has 0 spiro atoms. The first-order valence-corrected chi connectivity index (χ1v) is 11.5. The van der Waals surface area contributed by atoms with Crippen LogP contribution in [0.4, 0.5) is 0 Å². The highest BCUT2D eigenvalue weighted by molar-refractivity contribution is 7.10. The first-order chi connectivity index (χ1) is 13.9. The third kappa shape index (κ3) is 4.89. The Labute approximate surface area is 178 Å². The Hall–Kier alpha value is -2.14. The molecule has 1 unspecified atom stereocenters. The van der Waals surface area contributed by atoms with Gasteiger partial charge in [0, 0.05) is 24.4 Å². The van der Waals surface area contributed by atoms with E-state index in [2.05, 4.69) is 44.4 Å². The van der Waals surface area contributed by atoms with Crippen molar-refractivity contribution in [2.45, 2.75) is 53.0 Å². The minimum absolute atomic E-state index is 0.0423. The second-order valence-corrected chi connectivity index (χ2v) is 9.25. The maximum atomic E-state index is 13.4. The molecule has 2 aromatic rings. The van der Waals surface area contributed by atoms with Crippen molar-refractivity contribution in [3.8, 4) is 0 Å². The van der Waals surface area contributed by atoms with Crippen molar-refractivity contribution < 1.29 is 9.59 Å². The number of amides is 2. The molecule has 1 atom stereocenters. The van der Waals surface area contributed by atoms with Crippen LogP contribution >= 0.6 is 11.3 Å². The highest BCUT2D eigenvalue weighted by Gasteiger charge is 2.34. The molecule has 0 saturated heterocycles. The SMILES string of the molecule is CCC(=O)N(CCC(C)C)CC(=O)N1CCc2sccc2C1c1ccccc1C. The predicted molar refractivity (Wildman–Crippen MR) is 119 cm³/mol. The lowest BCUT2D eigenvalue weighted by Crippen LogP contribution is -2.47. The molecule has 2 amide bonds. The molecule has 2 heterocycles. The molecule has 0 radical (unpaired) electrons. The molecule has 1 aliphatic heterocycles. The number of benzene rings is 1. The molecule has 29 heavy (non-hydrogen) atoms. The Morgan fingerprint density at radius 1 is 1.21 bits per heavy atom. The van der Waals surface area contributed by atoms with Gasteiger partial charge in [0.1, 0.15) is 0 Å². The van der Waals surface area contributed by atoms with E-state index in [1.807, 2.05) is 24.0 Å². The number of aryl methyl sites for hydroxylation is 1. The molecule has 3 rings (SSSR count). The van der Waals surface area contributed by atoms with E-state index < -0.39 is 0 Å². The summed E-state index contributed by atoms with van der Waals surface area (Å²) in [5.41, 5.74) is 3.60. The summed E-state index contributed by atoms with van der Waals surface area (Å²) in [7, 11) is 0. The maximum absolute atomic E-state index is 13.4. The molecular formula is C24H32N2O2S. The van der Waals surface area contributed by atoms with Crippen molar-refractivity contribution in [2.24, 2.45) is 5.92 Å². The Morgan fingerprint density at radius 2 is 1.97 bits per heavy atom. The zero-order chi connectivity index (χ0) is 21.0. The third-order valence-corrected chi connectivity index (χ3v) is 6.72. The molecule has 4 nitrogen and oxygen atoms in total. The van der Waals surface area contributed by atoms with Crippen molar-refractivity contribution >= 4 is 23.2 Å². The highest BCUT2D eigenvalue weighted by atomic mass is 32.1. The summed E-state index contributed by atoms with van der Waals surface area (Å²) in [4.78, 5) is 31.0. The summed E-state index contributed by atoms with van der Waals surface area (Å²) in [6.07, 6.45) is 2.23. The average Bonchev–Trinajstić information content (AvgIpc) is 3.19. The van der Waals surface area contributed by atoms with Gasteiger partial charge in [-0.1, -0.05) is 45.0 Å². The van der Waals surface area contributed by atoms with Crippen molar-refractivity contribution in [2.75, 3.05) is 19.6 Å². The lowest BCUT2D eigenvalue weighted by molar-refractivity contribution is -0.141. The van der Waals surface area contributed by atoms with Gasteiger partial charge in [-0.3, -0.25) is 9.59 Å². The average molecular weight is 413 g/mol. The minimum Gasteiger partial charge on any atom is -0.333 e. The zero-order valence-corrected chi connectivity index (χ0v) is 18.8. The summed E-state index contributed by atoms with van der Waals surface area (Å²) < 4.78 is 0. The number of hydrogen-bond donors (Lipinski definition) is 0. The largest absolute Gasteiger partial charge is 0.333 e. The molecule has 1 aliphatic rings. The van der Waals surface area contributed by atoms with E-state index in [9.17, 15) is 9.59 Å². The van der Waals surface area contributed by atoms with Crippen LogP contribution in [0.3, 0.4) is 0 Å². The zero-order valence-electron chi connectivity index (χ0n) is 18.0. The molecular weight excluding hydrogens is 380 g/mol. The molecule has 156 valence electrons. The summed E-state index contributed by atoms with van der Waals surface area (Å²) >= 11 is 1.77. The summed E-state index contributed by atoms with van der Waals surface area (Å²) in [5, 5.41) is 2.12. The van der Waals surface area contributed by atoms with Crippen molar-refractivity contribution in [1.82, 2.24) is 9.80 Å². The van der Waals surface area contributed by atoms with E-state index >= 15 is 0 Å². The Kier molecular flexibility index (Phi) is 7.12. The molecule has 0 saturated carbocycles. The van der Waals surface area contributed by atoms with Crippen LogP contribution in [-0.2, 0) is 16.0 Å². The quantitative estimate of drug-likeness (QED) is 0.654. The predicted octanol–water partition coefficient (Wildman–Crippen LogP) is 4.82. The van der Waals surface area contributed by atoms with Crippen LogP contribution in [0, 0.1) is 12.8 Å². The molecule has 0 bridgehead atoms. The standard InChI is InChI=1S/C24H32N2O2S/c1-5-22(27)25(13-10-17(2)3)16-23(28)26-14-11-21-20(12-15-29-21)24(26)19-9-7-6-8-18(19)4/h6-9,12,15,17,24H,5,10-11,13-14,16H2,1-4H3. The van der Waals surface area contributed by atoms with Gasteiger partial charge in [-0.05, 0) is 53.8 Å². The van der Waals surface area contributed by atoms with Gasteiger partial charge >= 0.3 is 0 Å². The fourth-order valence-corrected chi connectivity index (χ4v) is 4.90. The fourth-order valence-electron chi connectivity index (χ4n) is 4.00. The fraction of sp³-hybridized carbons (Fsp3) is 0.500. The van der Waals surface area contributed by atoms with Gasteiger partial charge in [0.2, 0.25) is 11.8 Å². The van der Waals surface area contributed by atoms with Gasteiger partial charge < -0.3 is 9.80 Å². The Balaban J connectivity index is 1.88. The summed E-state index contributed by atoms with van der Waals surface area (Å²) in [5.74, 6) is 0.598. The van der Waals surface area contributed by atoms with Crippen LogP contribution in [0.2, 0.25) is 0 Å². The van der Waals surface area contributed by atoms with Gasteiger partial charge in [-0.25, -0.2) is 0 Å². The third-order valence-electron chi connectivity index (χ3n) is 5.73. The molecule has 0 N–H and O–H groups in total. The number of fused-ring (bicyclic) bond motifs is 1. The van der Waals surface area contributed by atoms with Crippen LogP contribution in [0.5, 0.6) is 0 Å². The highest BCUT2D eigenvalue weighted by Crippen LogP contribution is 2.39. The number of rotatable bonds is 7. The van der Waals surface area contributed by atoms with Gasteiger partial charge in [0.15, 0.2) is 0 Å². The van der Waals surface area contributed by atoms with E-state index in [0.29, 0.717) is 25.4 Å². The van der Waals surface area contributed by atoms with Crippen LogP contribution in [0.25, 0.3) is 0 Å². The summed E-state index contributed by atoms with van der Waals surface area (Å²) in [6, 6.07) is 10.4. The molecule has 1 aromatic carbocycles. The van der Waals surface area contributed by atoms with Gasteiger partial charge in [0.25, 0.3) is 0 Å². The van der Waals surface area contributed by atoms with Crippen molar-refractivity contribution in [3.05, 3.63) is 57.3 Å². The smallest absolute Gasteiger partial charge is 0.242 e.